The van der Waals surface area contributed by atoms with Crippen molar-refractivity contribution in [3.05, 3.63) is 45.9 Å². The Bertz CT molecular complexity index is 946. The van der Waals surface area contributed by atoms with Crippen LogP contribution in [0.4, 0.5) is 0 Å². The summed E-state index contributed by atoms with van der Waals surface area (Å²) in [5.74, 6) is 4.17. The van der Waals surface area contributed by atoms with Crippen LogP contribution in [0.5, 0.6) is 0 Å². The molecular weight excluding hydrogens is 346 g/mol. The van der Waals surface area contributed by atoms with Gasteiger partial charge in [0.1, 0.15) is 8.07 Å². The third-order valence-electron chi connectivity index (χ3n) is 6.58. The third-order valence-corrected chi connectivity index (χ3v) is 12.9. The molecule has 1 heterocycles. The van der Waals surface area contributed by atoms with E-state index in [4.69, 9.17) is 0 Å². The zero-order valence-corrected chi connectivity index (χ0v) is 18.9. The maximum atomic E-state index is 12.9. The summed E-state index contributed by atoms with van der Waals surface area (Å²) in [6.45, 7) is 14.1. The number of fused-ring (bicyclic) bond motifs is 1. The van der Waals surface area contributed by atoms with E-state index in [2.05, 4.69) is 59.1 Å². The van der Waals surface area contributed by atoms with E-state index in [1.165, 1.54) is 12.8 Å². The Morgan fingerprint density at radius 3 is 1.96 bits per heavy atom. The molecule has 0 radical (unpaired) electrons. The Morgan fingerprint density at radius 2 is 1.48 bits per heavy atom. The van der Waals surface area contributed by atoms with Crippen LogP contribution in [0.1, 0.15) is 71.6 Å². The van der Waals surface area contributed by atoms with Crippen molar-refractivity contribution >= 4 is 18.8 Å². The van der Waals surface area contributed by atoms with Crippen molar-refractivity contribution < 1.29 is 0 Å². The van der Waals surface area contributed by atoms with Crippen LogP contribution >= 0.6 is 0 Å². The summed E-state index contributed by atoms with van der Waals surface area (Å²) >= 11 is 0. The van der Waals surface area contributed by atoms with Gasteiger partial charge >= 0.3 is 0 Å². The molecule has 0 unspecified atom stereocenters. The van der Waals surface area contributed by atoms with Crippen LogP contribution in [0, 0.1) is 11.5 Å². The first-order chi connectivity index (χ1) is 12.7. The minimum Gasteiger partial charge on any atom is -0.314 e. The van der Waals surface area contributed by atoms with E-state index in [0.717, 1.165) is 22.0 Å². The average Bonchev–Trinajstić information content (AvgIpc) is 3.43. The summed E-state index contributed by atoms with van der Waals surface area (Å²) in [6.07, 6.45) is 2.34. The Hall–Kier alpha value is -1.79. The molecule has 0 aliphatic heterocycles. The van der Waals surface area contributed by atoms with Gasteiger partial charge < -0.3 is 4.57 Å². The fourth-order valence-electron chi connectivity index (χ4n) is 5.05. The molecule has 2 nitrogen and oxygen atoms in total. The molecule has 0 spiro atoms. The fourth-order valence-corrected chi connectivity index (χ4v) is 10.3. The van der Waals surface area contributed by atoms with E-state index in [-0.39, 0.29) is 5.56 Å². The second-order valence-corrected chi connectivity index (χ2v) is 14.7. The molecule has 3 heteroatoms. The highest BCUT2D eigenvalue weighted by Gasteiger charge is 2.42. The number of hydrogen-bond acceptors (Lipinski definition) is 1. The van der Waals surface area contributed by atoms with Crippen LogP contribution in [0.25, 0.3) is 10.8 Å². The van der Waals surface area contributed by atoms with Crippen LogP contribution in [0.2, 0.25) is 16.6 Å². The van der Waals surface area contributed by atoms with Gasteiger partial charge in [0, 0.05) is 29.4 Å². The Morgan fingerprint density at radius 1 is 0.963 bits per heavy atom. The molecule has 1 aromatic carbocycles. The molecule has 3 rings (SSSR count). The maximum absolute atomic E-state index is 12.9. The van der Waals surface area contributed by atoms with Gasteiger partial charge in [0.25, 0.3) is 5.56 Å². The SMILES string of the molecule is CC(C)[Si](C#Cc1c(C2CC2)n(C)c(=O)c2ccccc12)(C(C)C)C(C)C. The van der Waals surface area contributed by atoms with Gasteiger partial charge in [0.2, 0.25) is 0 Å². The van der Waals surface area contributed by atoms with Gasteiger partial charge in [-0.05, 0) is 35.5 Å². The molecule has 2 aromatic rings. The molecule has 1 aromatic heterocycles. The molecule has 144 valence electrons. The first-order valence-corrected chi connectivity index (χ1v) is 12.6. The first kappa shape index (κ1) is 20.0. The summed E-state index contributed by atoms with van der Waals surface area (Å²) in [5.41, 5.74) is 8.07. The molecular formula is C24H33NOSi. The van der Waals surface area contributed by atoms with Crippen molar-refractivity contribution in [3.8, 4) is 11.5 Å². The van der Waals surface area contributed by atoms with E-state index in [9.17, 15) is 4.79 Å². The van der Waals surface area contributed by atoms with E-state index in [1.54, 1.807) is 0 Å². The molecule has 1 aliphatic rings. The molecule has 0 bridgehead atoms. The van der Waals surface area contributed by atoms with Crippen LogP contribution in [0.15, 0.2) is 29.1 Å². The van der Waals surface area contributed by atoms with Gasteiger partial charge in [-0.2, -0.15) is 0 Å². The Balaban J connectivity index is 2.33. The van der Waals surface area contributed by atoms with E-state index >= 15 is 0 Å². The largest absolute Gasteiger partial charge is 0.314 e. The molecule has 1 fully saturated rings. The topological polar surface area (TPSA) is 22.0 Å². The lowest BCUT2D eigenvalue weighted by molar-refractivity contribution is 0.783. The standard InChI is InChI=1S/C24H33NOSi/c1-16(2)27(17(3)4,18(5)6)15-14-21-20-10-8-9-11-22(20)24(26)25(7)23(21)19-12-13-19/h8-11,16-19H,12-13H2,1-7H3. The smallest absolute Gasteiger partial charge is 0.258 e. The second kappa shape index (κ2) is 7.32. The highest BCUT2D eigenvalue weighted by molar-refractivity contribution is 6.90. The molecule has 0 amide bonds. The van der Waals surface area contributed by atoms with E-state index in [1.807, 2.05) is 29.8 Å². The zero-order valence-electron chi connectivity index (χ0n) is 17.9. The van der Waals surface area contributed by atoms with Crippen molar-refractivity contribution in [2.45, 2.75) is 76.9 Å². The second-order valence-electron chi connectivity index (χ2n) is 9.09. The van der Waals surface area contributed by atoms with Crippen molar-refractivity contribution in [2.24, 2.45) is 7.05 Å². The number of nitrogens with zero attached hydrogens (tertiary/aromatic N) is 1. The van der Waals surface area contributed by atoms with Crippen LogP contribution in [-0.2, 0) is 7.05 Å². The lowest BCUT2D eigenvalue weighted by Gasteiger charge is -2.38. The molecule has 0 atom stereocenters. The van der Waals surface area contributed by atoms with Gasteiger partial charge in [0.05, 0.1) is 5.56 Å². The summed E-state index contributed by atoms with van der Waals surface area (Å²) in [5, 5.41) is 1.83. The Kier molecular flexibility index (Phi) is 5.41. The fraction of sp³-hybridized carbons (Fsp3) is 0.542. The van der Waals surface area contributed by atoms with Crippen molar-refractivity contribution in [3.63, 3.8) is 0 Å². The number of hydrogen-bond donors (Lipinski definition) is 0. The Labute approximate surface area is 165 Å². The monoisotopic (exact) mass is 379 g/mol. The van der Waals surface area contributed by atoms with Crippen LogP contribution in [-0.4, -0.2) is 12.6 Å². The van der Waals surface area contributed by atoms with Crippen molar-refractivity contribution in [1.82, 2.24) is 4.57 Å². The molecule has 1 aliphatic carbocycles. The van der Waals surface area contributed by atoms with Gasteiger partial charge in [-0.25, -0.2) is 0 Å². The summed E-state index contributed by atoms with van der Waals surface area (Å²) in [6, 6.07) is 8.00. The van der Waals surface area contributed by atoms with Gasteiger partial charge in [-0.15, -0.1) is 5.54 Å². The number of aromatic nitrogens is 1. The van der Waals surface area contributed by atoms with Crippen molar-refractivity contribution in [1.29, 1.82) is 0 Å². The molecule has 0 N–H and O–H groups in total. The van der Waals surface area contributed by atoms with Gasteiger partial charge in [-0.1, -0.05) is 65.7 Å². The van der Waals surface area contributed by atoms with E-state index in [0.29, 0.717) is 22.5 Å². The van der Waals surface area contributed by atoms with E-state index < -0.39 is 8.07 Å². The molecule has 1 saturated carbocycles. The normalized spacial score (nSPS) is 14.9. The highest BCUT2D eigenvalue weighted by Crippen LogP contribution is 2.43. The minimum absolute atomic E-state index is 0.109. The van der Waals surface area contributed by atoms with Gasteiger partial charge in [0.15, 0.2) is 0 Å². The van der Waals surface area contributed by atoms with Crippen LogP contribution in [0.3, 0.4) is 0 Å². The third kappa shape index (κ3) is 3.29. The predicted octanol–water partition coefficient (Wildman–Crippen LogP) is 5.99. The number of benzene rings is 1. The lowest BCUT2D eigenvalue weighted by Crippen LogP contribution is -2.43. The van der Waals surface area contributed by atoms with Gasteiger partial charge in [-0.3, -0.25) is 4.79 Å². The van der Waals surface area contributed by atoms with Crippen LogP contribution < -0.4 is 5.56 Å². The first-order valence-electron chi connectivity index (χ1n) is 10.4. The zero-order chi connectivity index (χ0) is 19.9. The lowest BCUT2D eigenvalue weighted by atomic mass is 10.0. The predicted molar refractivity (Wildman–Crippen MR) is 119 cm³/mol. The minimum atomic E-state index is -1.81. The average molecular weight is 380 g/mol. The summed E-state index contributed by atoms with van der Waals surface area (Å²) in [4.78, 5) is 12.9. The quantitative estimate of drug-likeness (QED) is 0.473. The molecule has 27 heavy (non-hydrogen) atoms. The summed E-state index contributed by atoms with van der Waals surface area (Å²) in [7, 11) is 0.108. The number of rotatable bonds is 4. The molecule has 0 saturated heterocycles. The van der Waals surface area contributed by atoms with Crippen molar-refractivity contribution in [2.75, 3.05) is 0 Å². The summed E-state index contributed by atoms with van der Waals surface area (Å²) < 4.78 is 1.87. The maximum Gasteiger partial charge on any atom is 0.258 e. The number of pyridine rings is 1. The highest BCUT2D eigenvalue weighted by atomic mass is 28.3.